The van der Waals surface area contributed by atoms with E-state index < -0.39 is 0 Å². The fraction of sp³-hybridized carbons (Fsp3) is 1.00. The average Bonchev–Trinajstić information content (AvgIpc) is 2.38. The summed E-state index contributed by atoms with van der Waals surface area (Å²) in [6.45, 7) is 9.43. The van der Waals surface area contributed by atoms with Crippen LogP contribution in [0.2, 0.25) is 0 Å². The first-order chi connectivity index (χ1) is 8.17. The third kappa shape index (κ3) is 3.01. The summed E-state index contributed by atoms with van der Waals surface area (Å²) in [5.74, 6) is 0. The number of ether oxygens (including phenoxy) is 1. The Labute approximate surface area is 106 Å². The lowest BCUT2D eigenvalue weighted by atomic mass is 9.74. The van der Waals surface area contributed by atoms with Gasteiger partial charge >= 0.3 is 0 Å². The molecule has 0 aliphatic carbocycles. The second-order valence-corrected chi connectivity index (χ2v) is 6.04. The summed E-state index contributed by atoms with van der Waals surface area (Å²) in [4.78, 5) is 2.64. The fourth-order valence-electron chi connectivity index (χ4n) is 3.47. The van der Waals surface area contributed by atoms with E-state index in [1.54, 1.807) is 0 Å². The molecule has 3 heteroatoms. The highest BCUT2D eigenvalue weighted by Gasteiger charge is 2.38. The monoisotopic (exact) mass is 240 g/mol. The molecule has 2 aliphatic rings. The van der Waals surface area contributed by atoms with Crippen LogP contribution in [0.25, 0.3) is 0 Å². The number of rotatable bonds is 3. The maximum absolute atomic E-state index is 5.48. The van der Waals surface area contributed by atoms with Gasteiger partial charge in [-0.3, -0.25) is 4.90 Å². The molecule has 2 aliphatic heterocycles. The van der Waals surface area contributed by atoms with Crippen LogP contribution in [0.4, 0.5) is 0 Å². The Morgan fingerprint density at radius 3 is 2.65 bits per heavy atom. The molecule has 100 valence electrons. The third-order valence-electron chi connectivity index (χ3n) is 4.88. The summed E-state index contributed by atoms with van der Waals surface area (Å²) in [6.07, 6.45) is 5.85. The maximum atomic E-state index is 5.48. The molecule has 3 nitrogen and oxygen atoms in total. The number of hydrogen-bond donors (Lipinski definition) is 1. The van der Waals surface area contributed by atoms with E-state index in [4.69, 9.17) is 4.74 Å². The molecule has 3 unspecified atom stereocenters. The van der Waals surface area contributed by atoms with Crippen molar-refractivity contribution in [2.24, 2.45) is 5.41 Å². The largest absolute Gasteiger partial charge is 0.380 e. The first-order valence-electron chi connectivity index (χ1n) is 7.14. The average molecular weight is 240 g/mol. The van der Waals surface area contributed by atoms with Crippen LogP contribution in [-0.2, 0) is 4.74 Å². The smallest absolute Gasteiger partial charge is 0.0695 e. The zero-order chi connectivity index (χ0) is 12.3. The van der Waals surface area contributed by atoms with Crippen LogP contribution in [0.15, 0.2) is 0 Å². The molecule has 0 saturated carbocycles. The quantitative estimate of drug-likeness (QED) is 0.815. The topological polar surface area (TPSA) is 24.5 Å². The van der Waals surface area contributed by atoms with Crippen LogP contribution >= 0.6 is 0 Å². The fourth-order valence-corrected chi connectivity index (χ4v) is 3.47. The standard InChI is InChI=1S/C14H28N2O/c1-12(13(2)17-3)16-9-5-7-14(11-16)6-4-8-15-10-14/h12-13,15H,4-11H2,1-3H3. The van der Waals surface area contributed by atoms with Crippen LogP contribution in [0.3, 0.4) is 0 Å². The number of nitrogens with zero attached hydrogens (tertiary/aromatic N) is 1. The molecule has 0 aromatic carbocycles. The molecule has 1 spiro atoms. The van der Waals surface area contributed by atoms with Gasteiger partial charge in [0.05, 0.1) is 6.10 Å². The minimum Gasteiger partial charge on any atom is -0.380 e. The van der Waals surface area contributed by atoms with Gasteiger partial charge in [0, 0.05) is 26.2 Å². The Morgan fingerprint density at radius 1 is 1.24 bits per heavy atom. The lowest BCUT2D eigenvalue weighted by Gasteiger charge is -2.48. The first-order valence-corrected chi connectivity index (χ1v) is 7.14. The predicted octanol–water partition coefficient (Wildman–Crippen LogP) is 1.88. The van der Waals surface area contributed by atoms with E-state index >= 15 is 0 Å². The Bertz CT molecular complexity index is 233. The van der Waals surface area contributed by atoms with Crippen molar-refractivity contribution in [3.05, 3.63) is 0 Å². The van der Waals surface area contributed by atoms with Gasteiger partial charge in [-0.25, -0.2) is 0 Å². The molecular weight excluding hydrogens is 212 g/mol. The van der Waals surface area contributed by atoms with Crippen molar-refractivity contribution in [3.63, 3.8) is 0 Å². The van der Waals surface area contributed by atoms with Crippen molar-refractivity contribution in [1.29, 1.82) is 0 Å². The van der Waals surface area contributed by atoms with Gasteiger partial charge in [-0.15, -0.1) is 0 Å². The van der Waals surface area contributed by atoms with Gasteiger partial charge in [0.25, 0.3) is 0 Å². The van der Waals surface area contributed by atoms with E-state index in [-0.39, 0.29) is 0 Å². The van der Waals surface area contributed by atoms with Gasteiger partial charge in [-0.1, -0.05) is 0 Å². The molecule has 3 atom stereocenters. The van der Waals surface area contributed by atoms with Gasteiger partial charge in [-0.2, -0.15) is 0 Å². The Morgan fingerprint density at radius 2 is 2.00 bits per heavy atom. The van der Waals surface area contributed by atoms with Gasteiger partial charge in [-0.05, 0) is 58.0 Å². The molecule has 0 aromatic heterocycles. The van der Waals surface area contributed by atoms with Crippen molar-refractivity contribution < 1.29 is 4.74 Å². The van der Waals surface area contributed by atoms with E-state index in [1.165, 1.54) is 51.9 Å². The highest BCUT2D eigenvalue weighted by molar-refractivity contribution is 4.93. The normalized spacial score (nSPS) is 34.8. The summed E-state index contributed by atoms with van der Waals surface area (Å²) in [5, 5.41) is 3.59. The summed E-state index contributed by atoms with van der Waals surface area (Å²) < 4.78 is 5.48. The number of nitrogens with one attached hydrogen (secondary N) is 1. The Hall–Kier alpha value is -0.120. The highest BCUT2D eigenvalue weighted by Crippen LogP contribution is 2.36. The molecule has 0 aromatic rings. The lowest BCUT2D eigenvalue weighted by Crippen LogP contribution is -2.55. The molecule has 0 radical (unpaired) electrons. The van der Waals surface area contributed by atoms with Crippen LogP contribution in [-0.4, -0.2) is 50.3 Å². The molecule has 0 bridgehead atoms. The number of likely N-dealkylation sites (tertiary alicyclic amines) is 1. The zero-order valence-electron chi connectivity index (χ0n) is 11.7. The highest BCUT2D eigenvalue weighted by atomic mass is 16.5. The minimum atomic E-state index is 0.335. The van der Waals surface area contributed by atoms with Crippen LogP contribution in [0.5, 0.6) is 0 Å². The maximum Gasteiger partial charge on any atom is 0.0695 e. The molecule has 2 saturated heterocycles. The zero-order valence-corrected chi connectivity index (χ0v) is 11.7. The molecular formula is C14H28N2O. The van der Waals surface area contributed by atoms with Crippen molar-refractivity contribution in [2.45, 2.75) is 51.7 Å². The second-order valence-electron chi connectivity index (χ2n) is 6.04. The van der Waals surface area contributed by atoms with Crippen LogP contribution in [0, 0.1) is 5.41 Å². The van der Waals surface area contributed by atoms with E-state index in [0.29, 0.717) is 17.6 Å². The molecule has 0 amide bonds. The molecule has 17 heavy (non-hydrogen) atoms. The minimum absolute atomic E-state index is 0.335. The summed E-state index contributed by atoms with van der Waals surface area (Å²) in [6, 6.07) is 0.541. The molecule has 2 rings (SSSR count). The van der Waals surface area contributed by atoms with E-state index in [0.717, 1.165) is 0 Å². The Kier molecular flexibility index (Phi) is 4.45. The Balaban J connectivity index is 1.96. The van der Waals surface area contributed by atoms with Crippen LogP contribution in [0.1, 0.15) is 39.5 Å². The summed E-state index contributed by atoms with van der Waals surface area (Å²) in [7, 11) is 1.82. The molecule has 2 heterocycles. The number of piperidine rings is 2. The van der Waals surface area contributed by atoms with Crippen molar-refractivity contribution in [2.75, 3.05) is 33.3 Å². The molecule has 2 fully saturated rings. The van der Waals surface area contributed by atoms with Gasteiger partial charge < -0.3 is 10.1 Å². The lowest BCUT2D eigenvalue weighted by molar-refractivity contribution is -0.0152. The summed E-state index contributed by atoms with van der Waals surface area (Å²) >= 11 is 0. The number of methoxy groups -OCH3 is 1. The van der Waals surface area contributed by atoms with Gasteiger partial charge in [0.2, 0.25) is 0 Å². The van der Waals surface area contributed by atoms with Crippen LogP contribution < -0.4 is 5.32 Å². The van der Waals surface area contributed by atoms with Crippen molar-refractivity contribution in [1.82, 2.24) is 10.2 Å². The first kappa shape index (κ1) is 13.3. The SMILES string of the molecule is COC(C)C(C)N1CCCC2(CCCNC2)C1. The third-order valence-corrected chi connectivity index (χ3v) is 4.88. The van der Waals surface area contributed by atoms with E-state index in [9.17, 15) is 0 Å². The van der Waals surface area contributed by atoms with Crippen molar-refractivity contribution >= 4 is 0 Å². The van der Waals surface area contributed by atoms with Gasteiger partial charge in [0.15, 0.2) is 0 Å². The predicted molar refractivity (Wildman–Crippen MR) is 71.3 cm³/mol. The van der Waals surface area contributed by atoms with E-state index in [1.807, 2.05) is 7.11 Å². The summed E-state index contributed by atoms with van der Waals surface area (Å²) in [5.41, 5.74) is 0.554. The van der Waals surface area contributed by atoms with E-state index in [2.05, 4.69) is 24.1 Å². The van der Waals surface area contributed by atoms with Crippen molar-refractivity contribution in [3.8, 4) is 0 Å². The van der Waals surface area contributed by atoms with Gasteiger partial charge in [0.1, 0.15) is 0 Å². The second kappa shape index (κ2) is 5.68. The number of hydrogen-bond acceptors (Lipinski definition) is 3. The molecule has 1 N–H and O–H groups in total.